The summed E-state index contributed by atoms with van der Waals surface area (Å²) in [5, 5.41) is 12.7. The van der Waals surface area contributed by atoms with E-state index in [0.717, 1.165) is 50.0 Å². The number of rotatable bonds is 4. The summed E-state index contributed by atoms with van der Waals surface area (Å²) < 4.78 is 5.51. The fourth-order valence-electron chi connectivity index (χ4n) is 6.73. The van der Waals surface area contributed by atoms with Gasteiger partial charge in [-0.2, -0.15) is 10.2 Å². The quantitative estimate of drug-likeness (QED) is 0.227. The highest BCUT2D eigenvalue weighted by molar-refractivity contribution is 5.96. The molecule has 0 bridgehead atoms. The Labute approximate surface area is 248 Å². The summed E-state index contributed by atoms with van der Waals surface area (Å²) in [7, 11) is 0. The summed E-state index contributed by atoms with van der Waals surface area (Å²) >= 11 is 0. The van der Waals surface area contributed by atoms with Gasteiger partial charge in [-0.25, -0.2) is 0 Å². The molecule has 0 radical (unpaired) electrons. The van der Waals surface area contributed by atoms with E-state index in [0.29, 0.717) is 0 Å². The first kappa shape index (κ1) is 26.8. The number of morpholine rings is 1. The Hall–Kier alpha value is -4.12. The molecule has 1 saturated heterocycles. The summed E-state index contributed by atoms with van der Waals surface area (Å²) in [5.74, 6) is 0. The lowest BCUT2D eigenvalue weighted by atomic mass is 9.78. The zero-order valence-electron chi connectivity index (χ0n) is 24.1. The first-order valence-electron chi connectivity index (χ1n) is 15.3. The number of hydrogen-bond donors (Lipinski definition) is 0. The first-order valence-corrected chi connectivity index (χ1v) is 15.3. The summed E-state index contributed by atoms with van der Waals surface area (Å²) in [6.45, 7) is 4.80. The Morgan fingerprint density at radius 1 is 0.714 bits per heavy atom. The second-order valence-corrected chi connectivity index (χ2v) is 11.6. The van der Waals surface area contributed by atoms with Crippen molar-refractivity contribution < 1.29 is 4.74 Å². The molecule has 0 N–H and O–H groups in total. The Morgan fingerprint density at radius 3 is 2.31 bits per heavy atom. The van der Waals surface area contributed by atoms with Gasteiger partial charge >= 0.3 is 0 Å². The molecule has 3 aliphatic rings. The smallest absolute Gasteiger partial charge is 0.0594 e. The van der Waals surface area contributed by atoms with E-state index in [1.54, 1.807) is 23.5 Å². The van der Waals surface area contributed by atoms with Gasteiger partial charge in [-0.05, 0) is 76.3 Å². The number of nitrogens with zero attached hydrogens (tertiary/aromatic N) is 3. The van der Waals surface area contributed by atoms with Gasteiger partial charge in [-0.3, -0.25) is 4.90 Å². The molecule has 0 atom stereocenters. The van der Waals surface area contributed by atoms with Crippen molar-refractivity contribution in [2.45, 2.75) is 38.6 Å². The summed E-state index contributed by atoms with van der Waals surface area (Å²) in [6.07, 6.45) is 14.1. The molecule has 1 aliphatic heterocycles. The highest BCUT2D eigenvalue weighted by atomic mass is 16.5. The van der Waals surface area contributed by atoms with Crippen LogP contribution in [0.2, 0.25) is 0 Å². The van der Waals surface area contributed by atoms with Gasteiger partial charge in [0.15, 0.2) is 0 Å². The predicted octanol–water partition coefficient (Wildman–Crippen LogP) is 7.94. The average molecular weight is 552 g/mol. The molecule has 0 saturated carbocycles. The largest absolute Gasteiger partial charge is 0.379 e. The van der Waals surface area contributed by atoms with Crippen molar-refractivity contribution in [1.82, 2.24) is 15.1 Å². The topological polar surface area (TPSA) is 38.2 Å². The second kappa shape index (κ2) is 12.4. The average Bonchev–Trinajstić information content (AvgIpc) is 3.05. The van der Waals surface area contributed by atoms with E-state index >= 15 is 0 Å². The predicted molar refractivity (Wildman–Crippen MR) is 172 cm³/mol. The van der Waals surface area contributed by atoms with Gasteiger partial charge in [0, 0.05) is 30.4 Å². The van der Waals surface area contributed by atoms with Gasteiger partial charge in [-0.15, -0.1) is 0 Å². The zero-order chi connectivity index (χ0) is 28.1. The third-order valence-electron chi connectivity index (χ3n) is 8.84. The van der Waals surface area contributed by atoms with Crippen molar-refractivity contribution in [3.05, 3.63) is 137 Å². The standard InChI is InChI=1S/C30H31NO.C8H6N2/c1-2-10-27-24(7-1)11-14-29-28(27)13-12-25-8-4-9-26(30(25)29)20-22-5-3-6-23(19-22)21-31-15-17-32-18-16-31;1-2-4-8-6-10-9-5-7(8)3-1/h2-6,8-10,12-13,19H,1,7,11,14-18,20-21H2;1-6H. The molecule has 2 heterocycles. The number of ether oxygens (including phenoxy) is 1. The third-order valence-corrected chi connectivity index (χ3v) is 8.84. The van der Waals surface area contributed by atoms with Crippen molar-refractivity contribution in [2.24, 2.45) is 0 Å². The molecule has 8 rings (SSSR count). The molecule has 5 aromatic rings. The molecule has 0 unspecified atom stereocenters. The molecule has 2 aliphatic carbocycles. The van der Waals surface area contributed by atoms with E-state index < -0.39 is 0 Å². The van der Waals surface area contributed by atoms with Crippen LogP contribution in [-0.2, 0) is 24.1 Å². The van der Waals surface area contributed by atoms with Crippen LogP contribution in [-0.4, -0.2) is 41.4 Å². The van der Waals surface area contributed by atoms with Gasteiger partial charge in [0.2, 0.25) is 0 Å². The Balaban J connectivity index is 0.000000243. The van der Waals surface area contributed by atoms with Gasteiger partial charge < -0.3 is 4.74 Å². The number of allylic oxidation sites excluding steroid dienone is 4. The van der Waals surface area contributed by atoms with E-state index in [1.807, 2.05) is 24.3 Å². The van der Waals surface area contributed by atoms with Crippen molar-refractivity contribution in [3.8, 4) is 0 Å². The molecule has 0 spiro atoms. The summed E-state index contributed by atoms with van der Waals surface area (Å²) in [4.78, 5) is 2.50. The molecule has 1 fully saturated rings. The molecule has 0 amide bonds. The molecule has 4 nitrogen and oxygen atoms in total. The lowest BCUT2D eigenvalue weighted by Gasteiger charge is -2.27. The SMILES string of the molecule is C1=CC2=C(CC1)CCc1c2ccc2cccc(Cc3cccc(CN4CCOCC4)c3)c12.c1ccc2cnncc2c1. The lowest BCUT2D eigenvalue weighted by Crippen LogP contribution is -2.35. The summed E-state index contributed by atoms with van der Waals surface area (Å²) in [6, 6.07) is 28.8. The van der Waals surface area contributed by atoms with E-state index in [4.69, 9.17) is 4.74 Å². The maximum absolute atomic E-state index is 5.51. The first-order chi connectivity index (χ1) is 20.8. The van der Waals surface area contributed by atoms with E-state index in [2.05, 4.69) is 81.8 Å². The van der Waals surface area contributed by atoms with Crippen LogP contribution in [0.25, 0.3) is 27.1 Å². The molecular weight excluding hydrogens is 514 g/mol. The normalized spacial score (nSPS) is 16.6. The number of hydrogen-bond acceptors (Lipinski definition) is 4. The van der Waals surface area contributed by atoms with Crippen LogP contribution in [0.1, 0.15) is 47.1 Å². The van der Waals surface area contributed by atoms with Gasteiger partial charge in [0.25, 0.3) is 0 Å². The van der Waals surface area contributed by atoms with E-state index in [9.17, 15) is 0 Å². The third kappa shape index (κ3) is 5.78. The minimum absolute atomic E-state index is 0.855. The lowest BCUT2D eigenvalue weighted by molar-refractivity contribution is 0.0342. The van der Waals surface area contributed by atoms with Crippen LogP contribution >= 0.6 is 0 Å². The van der Waals surface area contributed by atoms with E-state index in [1.165, 1.54) is 64.3 Å². The number of benzene rings is 4. The van der Waals surface area contributed by atoms with Crippen LogP contribution in [0, 0.1) is 0 Å². The zero-order valence-corrected chi connectivity index (χ0v) is 24.1. The number of aryl methyl sites for hydroxylation is 1. The van der Waals surface area contributed by atoms with Crippen molar-refractivity contribution in [1.29, 1.82) is 0 Å². The van der Waals surface area contributed by atoms with Crippen LogP contribution in [0.15, 0.2) is 109 Å². The summed E-state index contributed by atoms with van der Waals surface area (Å²) in [5.41, 5.74) is 10.5. The van der Waals surface area contributed by atoms with Crippen LogP contribution in [0.3, 0.4) is 0 Å². The van der Waals surface area contributed by atoms with Crippen LogP contribution in [0.4, 0.5) is 0 Å². The highest BCUT2D eigenvalue weighted by Gasteiger charge is 2.22. The minimum atomic E-state index is 0.855. The van der Waals surface area contributed by atoms with Crippen molar-refractivity contribution in [3.63, 3.8) is 0 Å². The molecule has 210 valence electrons. The molecular formula is C38H37N3O. The van der Waals surface area contributed by atoms with E-state index in [-0.39, 0.29) is 0 Å². The van der Waals surface area contributed by atoms with Gasteiger partial charge in [0.1, 0.15) is 0 Å². The highest BCUT2D eigenvalue weighted by Crippen LogP contribution is 2.41. The fraction of sp³-hybridized carbons (Fsp3) is 0.263. The van der Waals surface area contributed by atoms with Crippen molar-refractivity contribution in [2.75, 3.05) is 26.3 Å². The maximum Gasteiger partial charge on any atom is 0.0594 e. The monoisotopic (exact) mass is 551 g/mol. The molecule has 4 aromatic carbocycles. The Morgan fingerprint density at radius 2 is 1.48 bits per heavy atom. The maximum atomic E-state index is 5.51. The van der Waals surface area contributed by atoms with Crippen LogP contribution < -0.4 is 0 Å². The van der Waals surface area contributed by atoms with Crippen LogP contribution in [0.5, 0.6) is 0 Å². The molecule has 4 heteroatoms. The number of fused-ring (bicyclic) bond motifs is 5. The van der Waals surface area contributed by atoms with Crippen molar-refractivity contribution >= 4 is 27.1 Å². The molecule has 1 aromatic heterocycles. The van der Waals surface area contributed by atoms with Gasteiger partial charge in [-0.1, -0.05) is 96.6 Å². The second-order valence-electron chi connectivity index (χ2n) is 11.6. The number of aromatic nitrogens is 2. The molecule has 42 heavy (non-hydrogen) atoms. The Bertz CT molecular complexity index is 1720. The minimum Gasteiger partial charge on any atom is -0.379 e. The van der Waals surface area contributed by atoms with Gasteiger partial charge in [0.05, 0.1) is 25.6 Å². The fourth-order valence-corrected chi connectivity index (χ4v) is 6.73. The Kier molecular flexibility index (Phi) is 7.90.